The minimum atomic E-state index is -0.534. The van der Waals surface area contributed by atoms with Crippen LogP contribution in [0.25, 0.3) is 0 Å². The maximum Gasteiger partial charge on any atom is 0.311 e. The van der Waals surface area contributed by atoms with Crippen LogP contribution < -0.4 is 4.74 Å². The summed E-state index contributed by atoms with van der Waals surface area (Å²) in [5, 5.41) is 0.745. The zero-order valence-electron chi connectivity index (χ0n) is 12.9. The van der Waals surface area contributed by atoms with Gasteiger partial charge in [-0.2, -0.15) is 0 Å². The molecule has 0 amide bonds. The molecule has 0 aromatic heterocycles. The van der Waals surface area contributed by atoms with Gasteiger partial charge in [-0.15, -0.1) is 0 Å². The van der Waals surface area contributed by atoms with E-state index >= 15 is 0 Å². The first kappa shape index (κ1) is 18.8. The van der Waals surface area contributed by atoms with Gasteiger partial charge in [-0.3, -0.25) is 9.59 Å². The summed E-state index contributed by atoms with van der Waals surface area (Å²) in [5.41, 5.74) is 0. The normalized spacial score (nSPS) is 12.1. The van der Waals surface area contributed by atoms with Crippen molar-refractivity contribution in [2.75, 3.05) is 0 Å². The first-order valence-corrected chi connectivity index (χ1v) is 7.93. The van der Waals surface area contributed by atoms with Crippen LogP contribution in [0.5, 0.6) is 5.75 Å². The monoisotopic (exact) mass is 346 g/mol. The number of halogens is 2. The molecular formula is C16H20Cl2O4. The standard InChI is InChI=1S/C16H20Cl2O4/c1-4-14(10(2)3)22-16(20)6-5-15(19)21-13-8-11(17)7-12(18)9-13/h7-10,14H,4-6H2,1-3H3. The predicted molar refractivity (Wildman–Crippen MR) is 86.3 cm³/mol. The van der Waals surface area contributed by atoms with Crippen molar-refractivity contribution in [1.29, 1.82) is 0 Å². The Bertz CT molecular complexity index is 509. The Labute approximate surface area is 140 Å². The second-order valence-corrected chi connectivity index (χ2v) is 6.13. The van der Waals surface area contributed by atoms with Crippen molar-refractivity contribution in [3.05, 3.63) is 28.2 Å². The Morgan fingerprint density at radius 3 is 2.09 bits per heavy atom. The van der Waals surface area contributed by atoms with Gasteiger partial charge in [-0.25, -0.2) is 0 Å². The zero-order valence-corrected chi connectivity index (χ0v) is 14.4. The van der Waals surface area contributed by atoms with E-state index in [1.54, 1.807) is 0 Å². The Hall–Kier alpha value is -1.26. The Balaban J connectivity index is 2.44. The van der Waals surface area contributed by atoms with Crippen LogP contribution in [-0.2, 0) is 14.3 Å². The smallest absolute Gasteiger partial charge is 0.311 e. The highest BCUT2D eigenvalue weighted by atomic mass is 35.5. The van der Waals surface area contributed by atoms with E-state index in [2.05, 4.69) is 0 Å². The Morgan fingerprint density at radius 2 is 1.59 bits per heavy atom. The van der Waals surface area contributed by atoms with Crippen molar-refractivity contribution in [2.45, 2.75) is 46.1 Å². The third-order valence-corrected chi connectivity index (χ3v) is 3.47. The van der Waals surface area contributed by atoms with Crippen molar-refractivity contribution >= 4 is 35.1 Å². The van der Waals surface area contributed by atoms with E-state index in [9.17, 15) is 9.59 Å². The van der Waals surface area contributed by atoms with Crippen LogP contribution >= 0.6 is 23.2 Å². The fraction of sp³-hybridized carbons (Fsp3) is 0.500. The molecule has 0 saturated heterocycles. The summed E-state index contributed by atoms with van der Waals surface area (Å²) < 4.78 is 10.4. The molecule has 1 rings (SSSR count). The van der Waals surface area contributed by atoms with Crippen LogP contribution in [0.15, 0.2) is 18.2 Å². The molecule has 0 fully saturated rings. The Kier molecular flexibility index (Phi) is 7.69. The number of carbonyl (C=O) groups excluding carboxylic acids is 2. The van der Waals surface area contributed by atoms with Gasteiger partial charge in [0.1, 0.15) is 11.9 Å². The molecule has 22 heavy (non-hydrogen) atoms. The number of esters is 2. The molecule has 0 spiro atoms. The van der Waals surface area contributed by atoms with E-state index in [1.165, 1.54) is 18.2 Å². The molecular weight excluding hydrogens is 327 g/mol. The molecule has 0 aliphatic rings. The van der Waals surface area contributed by atoms with Crippen LogP contribution in [0.2, 0.25) is 10.0 Å². The fourth-order valence-corrected chi connectivity index (χ4v) is 2.40. The Morgan fingerprint density at radius 1 is 1.05 bits per heavy atom. The van der Waals surface area contributed by atoms with Crippen molar-refractivity contribution in [2.24, 2.45) is 5.92 Å². The third kappa shape index (κ3) is 6.67. The number of rotatable bonds is 7. The molecule has 6 heteroatoms. The summed E-state index contributed by atoms with van der Waals surface area (Å²) in [6.07, 6.45) is 0.540. The second-order valence-electron chi connectivity index (χ2n) is 5.26. The van der Waals surface area contributed by atoms with Crippen LogP contribution in [0.3, 0.4) is 0 Å². The first-order chi connectivity index (χ1) is 10.3. The molecule has 1 atom stereocenters. The highest BCUT2D eigenvalue weighted by Gasteiger charge is 2.17. The molecule has 1 aromatic carbocycles. The van der Waals surface area contributed by atoms with Gasteiger partial charge >= 0.3 is 11.9 Å². The zero-order chi connectivity index (χ0) is 16.7. The maximum atomic E-state index is 11.7. The van der Waals surface area contributed by atoms with Gasteiger partial charge in [-0.05, 0) is 30.5 Å². The van der Waals surface area contributed by atoms with E-state index in [0.717, 1.165) is 6.42 Å². The van der Waals surface area contributed by atoms with Crippen LogP contribution in [0, 0.1) is 5.92 Å². The highest BCUT2D eigenvalue weighted by molar-refractivity contribution is 6.34. The number of ether oxygens (including phenoxy) is 2. The summed E-state index contributed by atoms with van der Waals surface area (Å²) in [6.45, 7) is 5.92. The molecule has 1 unspecified atom stereocenters. The van der Waals surface area contributed by atoms with Gasteiger partial charge in [0.25, 0.3) is 0 Å². The van der Waals surface area contributed by atoms with E-state index in [-0.39, 0.29) is 30.6 Å². The molecule has 0 heterocycles. The van der Waals surface area contributed by atoms with E-state index in [0.29, 0.717) is 10.0 Å². The van der Waals surface area contributed by atoms with Gasteiger partial charge in [0.2, 0.25) is 0 Å². The third-order valence-electron chi connectivity index (χ3n) is 3.03. The average molecular weight is 347 g/mol. The van der Waals surface area contributed by atoms with E-state index in [4.69, 9.17) is 32.7 Å². The second kappa shape index (κ2) is 9.01. The SMILES string of the molecule is CCC(OC(=O)CCC(=O)Oc1cc(Cl)cc(Cl)c1)C(C)C. The van der Waals surface area contributed by atoms with Crippen molar-refractivity contribution < 1.29 is 19.1 Å². The molecule has 0 aliphatic heterocycles. The number of hydrogen-bond acceptors (Lipinski definition) is 4. The van der Waals surface area contributed by atoms with Gasteiger partial charge in [-0.1, -0.05) is 44.0 Å². The summed E-state index contributed by atoms with van der Waals surface area (Å²) in [5.74, 6) is -0.437. The molecule has 0 bridgehead atoms. The molecule has 0 radical (unpaired) electrons. The van der Waals surface area contributed by atoms with Crippen molar-refractivity contribution in [1.82, 2.24) is 0 Å². The highest BCUT2D eigenvalue weighted by Crippen LogP contribution is 2.24. The summed E-state index contributed by atoms with van der Waals surface area (Å²) in [4.78, 5) is 23.4. The molecule has 122 valence electrons. The number of benzene rings is 1. The molecule has 0 saturated carbocycles. The van der Waals surface area contributed by atoms with Crippen LogP contribution in [0.1, 0.15) is 40.0 Å². The fourth-order valence-electron chi connectivity index (χ4n) is 1.89. The lowest BCUT2D eigenvalue weighted by Crippen LogP contribution is -2.23. The lowest BCUT2D eigenvalue weighted by molar-refractivity contribution is -0.153. The summed E-state index contributed by atoms with van der Waals surface area (Å²) in [7, 11) is 0. The predicted octanol–water partition coefficient (Wildman–Crippen LogP) is 4.66. The van der Waals surface area contributed by atoms with Gasteiger partial charge < -0.3 is 9.47 Å². The van der Waals surface area contributed by atoms with E-state index in [1.807, 2.05) is 20.8 Å². The lowest BCUT2D eigenvalue weighted by atomic mass is 10.1. The average Bonchev–Trinajstić information content (AvgIpc) is 2.41. The first-order valence-electron chi connectivity index (χ1n) is 7.18. The topological polar surface area (TPSA) is 52.6 Å². The largest absolute Gasteiger partial charge is 0.462 e. The quantitative estimate of drug-likeness (QED) is 0.532. The van der Waals surface area contributed by atoms with Crippen molar-refractivity contribution in [3.8, 4) is 5.75 Å². The van der Waals surface area contributed by atoms with Gasteiger partial charge in [0.05, 0.1) is 12.8 Å². The van der Waals surface area contributed by atoms with Crippen LogP contribution in [-0.4, -0.2) is 18.0 Å². The van der Waals surface area contributed by atoms with Gasteiger partial charge in [0.15, 0.2) is 0 Å². The minimum absolute atomic E-state index is 0.0175. The number of hydrogen-bond donors (Lipinski definition) is 0. The summed E-state index contributed by atoms with van der Waals surface area (Å²) >= 11 is 11.6. The molecule has 1 aromatic rings. The minimum Gasteiger partial charge on any atom is -0.462 e. The molecule has 0 aliphatic carbocycles. The maximum absolute atomic E-state index is 11.7. The lowest BCUT2D eigenvalue weighted by Gasteiger charge is -2.19. The van der Waals surface area contributed by atoms with Gasteiger partial charge in [0, 0.05) is 10.0 Å². The number of carbonyl (C=O) groups is 2. The summed E-state index contributed by atoms with van der Waals surface area (Å²) in [6, 6.07) is 4.50. The van der Waals surface area contributed by atoms with Crippen molar-refractivity contribution in [3.63, 3.8) is 0 Å². The molecule has 0 N–H and O–H groups in total. The van der Waals surface area contributed by atoms with E-state index < -0.39 is 11.9 Å². The molecule has 4 nitrogen and oxygen atoms in total. The van der Waals surface area contributed by atoms with Crippen LogP contribution in [0.4, 0.5) is 0 Å².